The summed E-state index contributed by atoms with van der Waals surface area (Å²) in [7, 11) is 0. The molecule has 5 N–H and O–H groups in total. The number of benzene rings is 1. The molecule has 0 atom stereocenters. The molecule has 8 nitrogen and oxygen atoms in total. The molecule has 0 saturated heterocycles. The van der Waals surface area contributed by atoms with Crippen molar-refractivity contribution in [2.45, 2.75) is 6.18 Å². The van der Waals surface area contributed by atoms with E-state index in [2.05, 4.69) is 25.3 Å². The summed E-state index contributed by atoms with van der Waals surface area (Å²) in [5, 5.41) is 2.44. The molecule has 1 aromatic carbocycles. The van der Waals surface area contributed by atoms with Crippen LogP contribution >= 0.6 is 0 Å². The van der Waals surface area contributed by atoms with E-state index in [0.29, 0.717) is 0 Å². The lowest BCUT2D eigenvalue weighted by atomic mass is 10.1. The Morgan fingerprint density at radius 2 is 1.63 bits per heavy atom. The predicted octanol–water partition coefficient (Wildman–Crippen LogP) is 4.31. The van der Waals surface area contributed by atoms with E-state index < -0.39 is 40.9 Å². The number of nitrogens with two attached hydrogens (primary N) is 2. The summed E-state index contributed by atoms with van der Waals surface area (Å²) in [4.78, 5) is 27.5. The summed E-state index contributed by atoms with van der Waals surface area (Å²) in [6, 6.07) is 8.11. The molecule has 0 saturated carbocycles. The van der Waals surface area contributed by atoms with Gasteiger partial charge in [0.1, 0.15) is 17.5 Å². The van der Waals surface area contributed by atoms with E-state index in [1.807, 2.05) is 0 Å². The number of hydrogen-bond acceptors (Lipinski definition) is 7. The number of carbonyl (C=O) groups excluding carboxylic acids is 1. The molecule has 0 aliphatic heterocycles. The second-order valence-corrected chi connectivity index (χ2v) is 7.11. The van der Waals surface area contributed by atoms with Crippen molar-refractivity contribution in [2.24, 2.45) is 0 Å². The molecule has 35 heavy (non-hydrogen) atoms. The number of nitrogens with zero attached hydrogens (tertiary/aromatic N) is 4. The van der Waals surface area contributed by atoms with Gasteiger partial charge in [-0.15, -0.1) is 0 Å². The van der Waals surface area contributed by atoms with Crippen LogP contribution in [0.3, 0.4) is 0 Å². The number of amides is 1. The average molecular weight is 487 g/mol. The first-order valence-corrected chi connectivity index (χ1v) is 9.73. The van der Waals surface area contributed by atoms with E-state index in [4.69, 9.17) is 11.5 Å². The highest BCUT2D eigenvalue weighted by molar-refractivity contribution is 6.08. The van der Waals surface area contributed by atoms with Crippen LogP contribution in [0, 0.1) is 11.6 Å². The first-order chi connectivity index (χ1) is 16.5. The number of nitrogen functional groups attached to an aromatic ring is 2. The average Bonchev–Trinajstić information content (AvgIpc) is 2.79. The van der Waals surface area contributed by atoms with E-state index in [-0.39, 0.29) is 34.0 Å². The van der Waals surface area contributed by atoms with Crippen molar-refractivity contribution in [3.05, 3.63) is 78.0 Å². The van der Waals surface area contributed by atoms with Gasteiger partial charge in [0, 0.05) is 17.8 Å². The predicted molar refractivity (Wildman–Crippen MR) is 117 cm³/mol. The van der Waals surface area contributed by atoms with Crippen LogP contribution in [-0.4, -0.2) is 25.8 Å². The third-order valence-corrected chi connectivity index (χ3v) is 4.71. The zero-order chi connectivity index (χ0) is 25.3. The van der Waals surface area contributed by atoms with Gasteiger partial charge in [0.2, 0.25) is 5.82 Å². The number of carbonyl (C=O) groups is 1. The summed E-state index contributed by atoms with van der Waals surface area (Å²) in [6.07, 6.45) is -2.43. The highest BCUT2D eigenvalue weighted by Crippen LogP contribution is 2.32. The Kier molecular flexibility index (Phi) is 5.99. The lowest BCUT2D eigenvalue weighted by molar-refractivity contribution is -0.144. The van der Waals surface area contributed by atoms with Crippen LogP contribution in [0.1, 0.15) is 16.3 Å². The number of pyridine rings is 2. The zero-order valence-corrected chi connectivity index (χ0v) is 17.4. The fourth-order valence-electron chi connectivity index (χ4n) is 3.16. The van der Waals surface area contributed by atoms with Gasteiger partial charge >= 0.3 is 6.18 Å². The Morgan fingerprint density at radius 1 is 0.914 bits per heavy atom. The van der Waals surface area contributed by atoms with Crippen LogP contribution in [0.15, 0.2) is 54.9 Å². The number of halogens is 5. The molecule has 1 amide bonds. The second kappa shape index (κ2) is 8.93. The highest BCUT2D eigenvalue weighted by Gasteiger charge is 2.35. The lowest BCUT2D eigenvalue weighted by Gasteiger charge is -2.13. The molecule has 0 unspecified atom stereocenters. The molecular weight excluding hydrogens is 473 g/mol. The lowest BCUT2D eigenvalue weighted by Crippen LogP contribution is -2.17. The van der Waals surface area contributed by atoms with Crippen LogP contribution in [-0.2, 0) is 6.18 Å². The maximum Gasteiger partial charge on any atom is 0.451 e. The minimum absolute atomic E-state index is 0.0443. The SMILES string of the molecule is Nc1cc(-c2ccncc2NC(=O)c2nc(-c3c(F)cccc3F)ccc2N)nc(C(F)(F)F)n1. The van der Waals surface area contributed by atoms with Gasteiger partial charge in [-0.25, -0.2) is 23.7 Å². The number of nitrogens with one attached hydrogen (secondary N) is 1. The van der Waals surface area contributed by atoms with Crippen molar-refractivity contribution in [2.75, 3.05) is 16.8 Å². The molecule has 4 rings (SSSR count). The molecule has 0 fully saturated rings. The van der Waals surface area contributed by atoms with Crippen molar-refractivity contribution in [1.29, 1.82) is 0 Å². The normalized spacial score (nSPS) is 11.3. The molecule has 13 heteroatoms. The fraction of sp³-hybridized carbons (Fsp3) is 0.0455. The third-order valence-electron chi connectivity index (χ3n) is 4.71. The van der Waals surface area contributed by atoms with Gasteiger partial charge < -0.3 is 16.8 Å². The monoisotopic (exact) mass is 487 g/mol. The minimum Gasteiger partial charge on any atom is -0.397 e. The van der Waals surface area contributed by atoms with Crippen molar-refractivity contribution in [1.82, 2.24) is 19.9 Å². The zero-order valence-electron chi connectivity index (χ0n) is 17.4. The molecule has 178 valence electrons. The molecule has 0 aliphatic carbocycles. The number of rotatable bonds is 4. The maximum absolute atomic E-state index is 14.2. The summed E-state index contributed by atoms with van der Waals surface area (Å²) in [5.41, 5.74) is 9.98. The molecule has 3 aromatic heterocycles. The van der Waals surface area contributed by atoms with Gasteiger partial charge in [-0.2, -0.15) is 13.2 Å². The fourth-order valence-corrected chi connectivity index (χ4v) is 3.16. The summed E-state index contributed by atoms with van der Waals surface area (Å²) in [5.74, 6) is -4.61. The highest BCUT2D eigenvalue weighted by atomic mass is 19.4. The topological polar surface area (TPSA) is 133 Å². The molecular formula is C22H14F5N7O. The smallest absolute Gasteiger partial charge is 0.397 e. The Labute approximate surface area is 193 Å². The standard InChI is InChI=1S/C22H14F5N7O/c23-11-2-1-3-12(24)18(11)14-5-4-13(28)19(31-14)20(35)32-16-9-30-7-6-10(16)15-8-17(29)34-21(33-15)22(25,26)27/h1-9H,28H2,(H,32,35)(H2,29,33,34). The van der Waals surface area contributed by atoms with E-state index in [1.54, 1.807) is 0 Å². The van der Waals surface area contributed by atoms with Gasteiger partial charge in [0.05, 0.1) is 34.5 Å². The van der Waals surface area contributed by atoms with Crippen LogP contribution in [0.25, 0.3) is 22.5 Å². The van der Waals surface area contributed by atoms with Gasteiger partial charge in [0.15, 0.2) is 5.69 Å². The third kappa shape index (κ3) is 4.83. The van der Waals surface area contributed by atoms with E-state index in [0.717, 1.165) is 24.4 Å². The molecule has 3 heterocycles. The van der Waals surface area contributed by atoms with E-state index in [1.165, 1.54) is 30.5 Å². The van der Waals surface area contributed by atoms with Gasteiger partial charge in [-0.3, -0.25) is 9.78 Å². The Balaban J connectivity index is 1.73. The molecule has 4 aromatic rings. The summed E-state index contributed by atoms with van der Waals surface area (Å²) in [6.45, 7) is 0. The van der Waals surface area contributed by atoms with Crippen molar-refractivity contribution in [3.63, 3.8) is 0 Å². The first kappa shape index (κ1) is 23.5. The van der Waals surface area contributed by atoms with Crippen molar-refractivity contribution in [3.8, 4) is 22.5 Å². The van der Waals surface area contributed by atoms with Gasteiger partial charge in [0.25, 0.3) is 5.91 Å². The van der Waals surface area contributed by atoms with E-state index in [9.17, 15) is 26.7 Å². The minimum atomic E-state index is -4.86. The van der Waals surface area contributed by atoms with Gasteiger partial charge in [-0.05, 0) is 30.3 Å². The molecule has 0 bridgehead atoms. The second-order valence-electron chi connectivity index (χ2n) is 7.11. The first-order valence-electron chi connectivity index (χ1n) is 9.73. The molecule has 0 radical (unpaired) electrons. The molecule has 0 spiro atoms. The van der Waals surface area contributed by atoms with Gasteiger partial charge in [-0.1, -0.05) is 6.07 Å². The van der Waals surface area contributed by atoms with Crippen molar-refractivity contribution < 1.29 is 26.7 Å². The van der Waals surface area contributed by atoms with Crippen LogP contribution in [0.5, 0.6) is 0 Å². The summed E-state index contributed by atoms with van der Waals surface area (Å²) < 4.78 is 67.8. The number of alkyl halides is 3. The number of aromatic nitrogens is 4. The largest absolute Gasteiger partial charge is 0.451 e. The summed E-state index contributed by atoms with van der Waals surface area (Å²) >= 11 is 0. The van der Waals surface area contributed by atoms with Crippen molar-refractivity contribution >= 4 is 23.1 Å². The number of anilines is 3. The number of hydrogen-bond donors (Lipinski definition) is 3. The van der Waals surface area contributed by atoms with Crippen LogP contribution in [0.2, 0.25) is 0 Å². The Hall–Kier alpha value is -4.68. The Morgan fingerprint density at radius 3 is 2.31 bits per heavy atom. The van der Waals surface area contributed by atoms with Crippen LogP contribution < -0.4 is 16.8 Å². The Bertz CT molecular complexity index is 1420. The van der Waals surface area contributed by atoms with E-state index >= 15 is 0 Å². The maximum atomic E-state index is 14.2. The quantitative estimate of drug-likeness (QED) is 0.365. The molecule has 0 aliphatic rings. The van der Waals surface area contributed by atoms with Crippen LogP contribution in [0.4, 0.5) is 39.1 Å².